The van der Waals surface area contributed by atoms with Gasteiger partial charge in [-0.3, -0.25) is 0 Å². The highest BCUT2D eigenvalue weighted by Gasteiger charge is 2.35. The van der Waals surface area contributed by atoms with Crippen LogP contribution in [0.2, 0.25) is 5.02 Å². The number of rotatable bonds is 5. The fourth-order valence-corrected chi connectivity index (χ4v) is 4.69. The molecule has 1 aromatic rings. The van der Waals surface area contributed by atoms with Gasteiger partial charge in [0, 0.05) is 21.9 Å². The van der Waals surface area contributed by atoms with Gasteiger partial charge in [-0.2, -0.15) is 11.8 Å². The average molecular weight is 320 g/mol. The lowest BCUT2D eigenvalue weighted by molar-refractivity contribution is 0.206. The van der Waals surface area contributed by atoms with Crippen molar-refractivity contribution in [1.29, 1.82) is 0 Å². The van der Waals surface area contributed by atoms with E-state index < -0.39 is 0 Å². The molecule has 0 N–H and O–H groups in total. The quantitative estimate of drug-likeness (QED) is 0.677. The van der Waals surface area contributed by atoms with Crippen LogP contribution in [0, 0.1) is 5.41 Å². The Kier molecular flexibility index (Phi) is 4.63. The third-order valence-electron chi connectivity index (χ3n) is 3.32. The fourth-order valence-electron chi connectivity index (χ4n) is 1.99. The van der Waals surface area contributed by atoms with E-state index in [1.54, 1.807) is 0 Å². The molecule has 0 radical (unpaired) electrons. The molecule has 0 atom stereocenters. The van der Waals surface area contributed by atoms with Crippen LogP contribution in [0.15, 0.2) is 24.3 Å². The van der Waals surface area contributed by atoms with Crippen molar-refractivity contribution in [2.75, 3.05) is 11.1 Å². The fraction of sp³-hybridized carbons (Fsp3) is 0.538. The van der Waals surface area contributed by atoms with Gasteiger partial charge in [0.05, 0.1) is 0 Å². The molecule has 0 saturated heterocycles. The lowest BCUT2D eigenvalue weighted by Gasteiger charge is -2.40. The minimum absolute atomic E-state index is 0.575. The van der Waals surface area contributed by atoms with Crippen molar-refractivity contribution in [2.24, 2.45) is 5.41 Å². The topological polar surface area (TPSA) is 0 Å². The number of hydrogen-bond donors (Lipinski definition) is 0. The van der Waals surface area contributed by atoms with Crippen LogP contribution < -0.4 is 0 Å². The lowest BCUT2D eigenvalue weighted by atomic mass is 9.72. The zero-order valence-corrected chi connectivity index (χ0v) is 12.4. The molecule has 88 valence electrons. The molecule has 2 rings (SSSR count). The Morgan fingerprint density at radius 1 is 1.31 bits per heavy atom. The van der Waals surface area contributed by atoms with Crippen LogP contribution in [0.25, 0.3) is 0 Å². The first-order valence-electron chi connectivity index (χ1n) is 5.63. The van der Waals surface area contributed by atoms with Gasteiger partial charge in [0.15, 0.2) is 0 Å². The summed E-state index contributed by atoms with van der Waals surface area (Å²) in [5, 5.41) is 2.05. The summed E-state index contributed by atoms with van der Waals surface area (Å²) in [6.45, 7) is 0. The van der Waals surface area contributed by atoms with Gasteiger partial charge in [0.1, 0.15) is 0 Å². The number of halogens is 2. The molecule has 3 heteroatoms. The smallest absolute Gasteiger partial charge is 0.0446 e. The maximum atomic E-state index is 6.13. The third-order valence-corrected chi connectivity index (χ3v) is 6.21. The normalized spacial score (nSPS) is 18.1. The Labute approximate surface area is 115 Å². The summed E-state index contributed by atoms with van der Waals surface area (Å²) < 4.78 is 0. The van der Waals surface area contributed by atoms with E-state index in [-0.39, 0.29) is 0 Å². The number of alkyl halides is 1. The predicted molar refractivity (Wildman–Crippen MR) is 77.7 cm³/mol. The number of hydrogen-bond acceptors (Lipinski definition) is 1. The van der Waals surface area contributed by atoms with Gasteiger partial charge in [-0.1, -0.05) is 52.2 Å². The van der Waals surface area contributed by atoms with Crippen molar-refractivity contribution in [3.8, 4) is 0 Å². The van der Waals surface area contributed by atoms with Crippen LogP contribution in [0.4, 0.5) is 0 Å². The van der Waals surface area contributed by atoms with Crippen molar-refractivity contribution in [3.63, 3.8) is 0 Å². The molecule has 0 bridgehead atoms. The van der Waals surface area contributed by atoms with Gasteiger partial charge in [-0.25, -0.2) is 0 Å². The Hall–Kier alpha value is 0.340. The van der Waals surface area contributed by atoms with E-state index in [1.807, 2.05) is 23.9 Å². The SMILES string of the molecule is Clc1ccccc1CSCC1(CBr)CCC1. The van der Waals surface area contributed by atoms with Gasteiger partial charge < -0.3 is 0 Å². The van der Waals surface area contributed by atoms with Crippen molar-refractivity contribution < 1.29 is 0 Å². The Bertz CT molecular complexity index is 344. The van der Waals surface area contributed by atoms with E-state index in [0.29, 0.717) is 5.41 Å². The van der Waals surface area contributed by atoms with E-state index in [1.165, 1.54) is 30.6 Å². The summed E-state index contributed by atoms with van der Waals surface area (Å²) in [7, 11) is 0. The summed E-state index contributed by atoms with van der Waals surface area (Å²) >= 11 is 11.8. The van der Waals surface area contributed by atoms with Crippen molar-refractivity contribution in [1.82, 2.24) is 0 Å². The van der Waals surface area contributed by atoms with E-state index in [2.05, 4.69) is 28.1 Å². The summed E-state index contributed by atoms with van der Waals surface area (Å²) in [5.74, 6) is 2.29. The Morgan fingerprint density at radius 2 is 2.06 bits per heavy atom. The highest BCUT2D eigenvalue weighted by molar-refractivity contribution is 9.09. The molecule has 1 aliphatic rings. The minimum atomic E-state index is 0.575. The van der Waals surface area contributed by atoms with Crippen molar-refractivity contribution in [2.45, 2.75) is 25.0 Å². The summed E-state index contributed by atoms with van der Waals surface area (Å²) in [4.78, 5) is 0. The van der Waals surface area contributed by atoms with E-state index in [0.717, 1.165) is 16.1 Å². The molecule has 1 fully saturated rings. The van der Waals surface area contributed by atoms with Crippen LogP contribution in [0.1, 0.15) is 24.8 Å². The van der Waals surface area contributed by atoms with Gasteiger partial charge in [0.2, 0.25) is 0 Å². The molecular weight excluding hydrogens is 304 g/mol. The van der Waals surface area contributed by atoms with E-state index in [4.69, 9.17) is 11.6 Å². The second-order valence-corrected chi connectivity index (χ2v) is 6.52. The van der Waals surface area contributed by atoms with Crippen LogP contribution in [0.3, 0.4) is 0 Å². The van der Waals surface area contributed by atoms with Crippen LogP contribution in [0.5, 0.6) is 0 Å². The number of thioether (sulfide) groups is 1. The molecule has 0 spiro atoms. The third kappa shape index (κ3) is 2.96. The average Bonchev–Trinajstić information content (AvgIpc) is 2.25. The highest BCUT2D eigenvalue weighted by Crippen LogP contribution is 2.45. The van der Waals surface area contributed by atoms with Gasteiger partial charge >= 0.3 is 0 Å². The highest BCUT2D eigenvalue weighted by atomic mass is 79.9. The first kappa shape index (κ1) is 12.8. The van der Waals surface area contributed by atoms with Crippen molar-refractivity contribution in [3.05, 3.63) is 34.9 Å². The summed E-state index contributed by atoms with van der Waals surface area (Å²) in [6, 6.07) is 8.14. The molecule has 1 saturated carbocycles. The van der Waals surface area contributed by atoms with Gasteiger partial charge in [-0.15, -0.1) is 0 Å². The first-order valence-corrected chi connectivity index (χ1v) is 8.28. The maximum absolute atomic E-state index is 6.13. The second-order valence-electron chi connectivity index (χ2n) is 4.57. The molecule has 0 unspecified atom stereocenters. The monoisotopic (exact) mass is 318 g/mol. The molecule has 1 aromatic carbocycles. The van der Waals surface area contributed by atoms with Crippen LogP contribution >= 0.6 is 39.3 Å². The minimum Gasteiger partial charge on any atom is -0.157 e. The second kappa shape index (κ2) is 5.79. The molecule has 0 aromatic heterocycles. The molecule has 0 nitrogen and oxygen atoms in total. The maximum Gasteiger partial charge on any atom is 0.0446 e. The molecule has 0 aliphatic heterocycles. The van der Waals surface area contributed by atoms with Gasteiger partial charge in [0.25, 0.3) is 0 Å². The van der Waals surface area contributed by atoms with Crippen molar-refractivity contribution >= 4 is 39.3 Å². The zero-order chi connectivity index (χ0) is 11.4. The van der Waals surface area contributed by atoms with Crippen LogP contribution in [-0.4, -0.2) is 11.1 Å². The Morgan fingerprint density at radius 3 is 2.62 bits per heavy atom. The van der Waals surface area contributed by atoms with Gasteiger partial charge in [-0.05, 0) is 29.9 Å². The predicted octanol–water partition coefficient (Wildman–Crippen LogP) is 5.14. The lowest BCUT2D eigenvalue weighted by Crippen LogP contribution is -2.33. The standard InChI is InChI=1S/C13H16BrClS/c14-9-13(6-3-7-13)10-16-8-11-4-1-2-5-12(11)15/h1-2,4-5H,3,6-10H2. The summed E-state index contributed by atoms with van der Waals surface area (Å²) in [6.07, 6.45) is 4.17. The Balaban J connectivity index is 1.82. The molecule has 0 heterocycles. The van der Waals surface area contributed by atoms with E-state index >= 15 is 0 Å². The zero-order valence-electron chi connectivity index (χ0n) is 9.22. The summed E-state index contributed by atoms with van der Waals surface area (Å²) in [5.41, 5.74) is 1.84. The largest absolute Gasteiger partial charge is 0.157 e. The molecule has 1 aliphatic carbocycles. The van der Waals surface area contributed by atoms with Crippen LogP contribution in [-0.2, 0) is 5.75 Å². The first-order chi connectivity index (χ1) is 7.76. The van der Waals surface area contributed by atoms with E-state index in [9.17, 15) is 0 Å². The number of benzene rings is 1. The molecular formula is C13H16BrClS. The molecule has 0 amide bonds. The molecule has 16 heavy (non-hydrogen) atoms.